The van der Waals surface area contributed by atoms with Gasteiger partial charge in [0.05, 0.1) is 11.3 Å². The monoisotopic (exact) mass is 388 g/mol. The Balaban J connectivity index is 1.82. The van der Waals surface area contributed by atoms with Gasteiger partial charge in [0.25, 0.3) is 11.8 Å². The zero-order valence-corrected chi connectivity index (χ0v) is 16.8. The maximum atomic E-state index is 13.3. The molecule has 28 heavy (non-hydrogen) atoms. The summed E-state index contributed by atoms with van der Waals surface area (Å²) in [7, 11) is 0. The normalized spacial score (nSPS) is 14.2. The summed E-state index contributed by atoms with van der Waals surface area (Å²) in [5.74, 6) is -0.626. The van der Waals surface area contributed by atoms with Crippen LogP contribution in [0.2, 0.25) is 0 Å². The molecule has 0 unspecified atom stereocenters. The summed E-state index contributed by atoms with van der Waals surface area (Å²) >= 11 is 1.45. The Morgan fingerprint density at radius 2 is 1.61 bits per heavy atom. The average molecular weight is 388 g/mol. The number of rotatable bonds is 4. The van der Waals surface area contributed by atoms with Crippen molar-refractivity contribution in [1.29, 1.82) is 0 Å². The van der Waals surface area contributed by atoms with Crippen LogP contribution in [0.15, 0.2) is 65.7 Å². The third kappa shape index (κ3) is 3.04. The summed E-state index contributed by atoms with van der Waals surface area (Å²) in [6.07, 6.45) is 0. The number of hydrogen-bond donors (Lipinski definition) is 1. The van der Waals surface area contributed by atoms with E-state index in [0.29, 0.717) is 17.0 Å². The molecule has 0 radical (unpaired) electrons. The molecule has 140 valence electrons. The van der Waals surface area contributed by atoms with Crippen LogP contribution in [0.4, 0.5) is 11.4 Å². The van der Waals surface area contributed by atoms with Crippen LogP contribution < -0.4 is 10.2 Å². The van der Waals surface area contributed by atoms with Crippen molar-refractivity contribution in [3.63, 3.8) is 0 Å². The predicted molar refractivity (Wildman–Crippen MR) is 114 cm³/mol. The molecule has 0 fully saturated rings. The molecule has 2 heterocycles. The van der Waals surface area contributed by atoms with E-state index in [1.165, 1.54) is 16.2 Å². The van der Waals surface area contributed by atoms with Crippen molar-refractivity contribution in [1.82, 2.24) is 0 Å². The van der Waals surface area contributed by atoms with Gasteiger partial charge in [-0.3, -0.25) is 9.59 Å². The molecule has 0 saturated carbocycles. The number of hydrogen-bond acceptors (Lipinski definition) is 4. The van der Waals surface area contributed by atoms with E-state index in [9.17, 15) is 9.59 Å². The van der Waals surface area contributed by atoms with Crippen LogP contribution in [0, 0.1) is 20.8 Å². The van der Waals surface area contributed by atoms with Gasteiger partial charge in [-0.15, -0.1) is 11.3 Å². The van der Waals surface area contributed by atoms with Gasteiger partial charge in [0.2, 0.25) is 0 Å². The predicted octanol–water partition coefficient (Wildman–Crippen LogP) is 5.07. The molecular formula is C23H20N2O2S. The van der Waals surface area contributed by atoms with Gasteiger partial charge < -0.3 is 5.32 Å². The van der Waals surface area contributed by atoms with Gasteiger partial charge >= 0.3 is 0 Å². The number of carbonyl (C=O) groups excluding carboxylic acids is 2. The van der Waals surface area contributed by atoms with Gasteiger partial charge in [0, 0.05) is 10.6 Å². The Morgan fingerprint density at radius 1 is 0.857 bits per heavy atom. The molecule has 0 spiro atoms. The molecule has 0 aliphatic carbocycles. The highest BCUT2D eigenvalue weighted by molar-refractivity contribution is 7.11. The minimum atomic E-state index is -0.331. The molecule has 4 rings (SSSR count). The molecule has 1 aliphatic heterocycles. The lowest BCUT2D eigenvalue weighted by atomic mass is 10.1. The maximum Gasteiger partial charge on any atom is 0.282 e. The SMILES string of the molecule is Cc1ccc(NC2=C(c3cccs3)C(=O)N(c3cccc(C)c3C)C2=O)cc1. The Bertz CT molecular complexity index is 1100. The van der Waals surface area contributed by atoms with E-state index in [-0.39, 0.29) is 11.8 Å². The Morgan fingerprint density at radius 3 is 2.29 bits per heavy atom. The highest BCUT2D eigenvalue weighted by Gasteiger charge is 2.41. The number of nitrogens with one attached hydrogen (secondary N) is 1. The highest BCUT2D eigenvalue weighted by Crippen LogP contribution is 2.37. The lowest BCUT2D eigenvalue weighted by Gasteiger charge is -2.19. The first kappa shape index (κ1) is 18.2. The first-order valence-electron chi connectivity index (χ1n) is 9.04. The summed E-state index contributed by atoms with van der Waals surface area (Å²) in [6, 6.07) is 17.2. The second-order valence-electron chi connectivity index (χ2n) is 6.88. The molecule has 0 saturated heterocycles. The number of amides is 2. The van der Waals surface area contributed by atoms with E-state index in [0.717, 1.165) is 27.3 Å². The van der Waals surface area contributed by atoms with Crippen molar-refractivity contribution in [2.24, 2.45) is 0 Å². The van der Waals surface area contributed by atoms with E-state index in [4.69, 9.17) is 0 Å². The van der Waals surface area contributed by atoms with E-state index >= 15 is 0 Å². The average Bonchev–Trinajstić information content (AvgIpc) is 3.27. The summed E-state index contributed by atoms with van der Waals surface area (Å²) in [6.45, 7) is 5.91. The van der Waals surface area contributed by atoms with E-state index in [1.807, 2.05) is 80.7 Å². The summed E-state index contributed by atoms with van der Waals surface area (Å²) < 4.78 is 0. The van der Waals surface area contributed by atoms with E-state index < -0.39 is 0 Å². The van der Waals surface area contributed by atoms with Crippen LogP contribution in [0.1, 0.15) is 21.6 Å². The van der Waals surface area contributed by atoms with Gasteiger partial charge in [0.15, 0.2) is 0 Å². The number of thiophene rings is 1. The minimum Gasteiger partial charge on any atom is -0.350 e. The van der Waals surface area contributed by atoms with Crippen LogP contribution in [0.5, 0.6) is 0 Å². The number of benzene rings is 2. The quantitative estimate of drug-likeness (QED) is 0.635. The Hall–Kier alpha value is -3.18. The summed E-state index contributed by atoms with van der Waals surface area (Å²) in [5, 5.41) is 5.10. The molecule has 1 N–H and O–H groups in total. The second kappa shape index (κ2) is 7.09. The standard InChI is InChI=1S/C23H20N2O2S/c1-14-9-11-17(12-10-14)24-21-20(19-8-5-13-28-19)22(26)25(23(21)27)18-7-4-6-15(2)16(18)3/h4-13,24H,1-3H3. The number of aryl methyl sites for hydroxylation is 2. The second-order valence-corrected chi connectivity index (χ2v) is 7.83. The van der Waals surface area contributed by atoms with Gasteiger partial charge in [-0.05, 0) is 61.5 Å². The van der Waals surface area contributed by atoms with Crippen molar-refractivity contribution in [2.45, 2.75) is 20.8 Å². The number of carbonyl (C=O) groups is 2. The van der Waals surface area contributed by atoms with Crippen molar-refractivity contribution in [3.8, 4) is 0 Å². The number of imide groups is 1. The first-order chi connectivity index (χ1) is 13.5. The highest BCUT2D eigenvalue weighted by atomic mass is 32.1. The topological polar surface area (TPSA) is 49.4 Å². The Kier molecular flexibility index (Phi) is 4.61. The molecule has 1 aromatic heterocycles. The van der Waals surface area contributed by atoms with Crippen LogP contribution in [-0.4, -0.2) is 11.8 Å². The van der Waals surface area contributed by atoms with E-state index in [1.54, 1.807) is 0 Å². The molecule has 3 aromatic rings. The van der Waals surface area contributed by atoms with Crippen molar-refractivity contribution >= 4 is 40.1 Å². The van der Waals surface area contributed by atoms with Crippen LogP contribution in [0.25, 0.3) is 5.57 Å². The summed E-state index contributed by atoms with van der Waals surface area (Å²) in [5.41, 5.74) is 5.23. The number of nitrogens with zero attached hydrogens (tertiary/aromatic N) is 1. The molecule has 0 atom stereocenters. The molecule has 1 aliphatic rings. The lowest BCUT2D eigenvalue weighted by molar-refractivity contribution is -0.120. The largest absolute Gasteiger partial charge is 0.350 e. The third-order valence-electron chi connectivity index (χ3n) is 4.99. The van der Waals surface area contributed by atoms with E-state index in [2.05, 4.69) is 5.32 Å². The minimum absolute atomic E-state index is 0.296. The molecular weight excluding hydrogens is 368 g/mol. The lowest BCUT2D eigenvalue weighted by Crippen LogP contribution is -2.33. The van der Waals surface area contributed by atoms with Gasteiger partial charge in [-0.1, -0.05) is 35.9 Å². The third-order valence-corrected chi connectivity index (χ3v) is 5.88. The molecule has 2 amide bonds. The van der Waals surface area contributed by atoms with Crippen molar-refractivity contribution in [3.05, 3.63) is 87.2 Å². The van der Waals surface area contributed by atoms with Gasteiger partial charge in [-0.2, -0.15) is 0 Å². The molecule has 4 nitrogen and oxygen atoms in total. The Labute approximate surface area is 168 Å². The van der Waals surface area contributed by atoms with Gasteiger partial charge in [-0.25, -0.2) is 4.90 Å². The fourth-order valence-electron chi connectivity index (χ4n) is 3.27. The molecule has 2 aromatic carbocycles. The van der Waals surface area contributed by atoms with Crippen LogP contribution >= 0.6 is 11.3 Å². The van der Waals surface area contributed by atoms with Crippen LogP contribution in [0.3, 0.4) is 0 Å². The number of anilines is 2. The maximum absolute atomic E-state index is 13.3. The summed E-state index contributed by atoms with van der Waals surface area (Å²) in [4.78, 5) is 28.8. The van der Waals surface area contributed by atoms with Crippen molar-refractivity contribution in [2.75, 3.05) is 10.2 Å². The first-order valence-corrected chi connectivity index (χ1v) is 9.92. The fourth-order valence-corrected chi connectivity index (χ4v) is 4.04. The van der Waals surface area contributed by atoms with Gasteiger partial charge in [0.1, 0.15) is 5.70 Å². The molecule has 5 heteroatoms. The zero-order valence-electron chi connectivity index (χ0n) is 15.9. The zero-order chi connectivity index (χ0) is 19.8. The molecule has 0 bridgehead atoms. The smallest absolute Gasteiger partial charge is 0.282 e. The van der Waals surface area contributed by atoms with Crippen LogP contribution in [-0.2, 0) is 9.59 Å². The van der Waals surface area contributed by atoms with Crippen molar-refractivity contribution < 1.29 is 9.59 Å². The fraction of sp³-hybridized carbons (Fsp3) is 0.130.